The highest BCUT2D eigenvalue weighted by Crippen LogP contribution is 2.28. The fourth-order valence-corrected chi connectivity index (χ4v) is 0.703. The molecular weight excluding hydrogens is 174 g/mol. The van der Waals surface area contributed by atoms with E-state index in [1.54, 1.807) is 0 Å². The van der Waals surface area contributed by atoms with Crippen molar-refractivity contribution in [3.8, 4) is 0 Å². The first-order chi connectivity index (χ1) is 4.99. The molecule has 3 nitrogen and oxygen atoms in total. The fourth-order valence-electron chi connectivity index (χ4n) is 0.703. The van der Waals surface area contributed by atoms with Crippen molar-refractivity contribution in [2.24, 2.45) is 16.8 Å². The lowest BCUT2D eigenvalue weighted by molar-refractivity contribution is 0.440. The summed E-state index contributed by atoms with van der Waals surface area (Å²) in [6, 6.07) is 0. The van der Waals surface area contributed by atoms with Crippen molar-refractivity contribution in [1.82, 2.24) is 5.43 Å². The van der Waals surface area contributed by atoms with Crippen LogP contribution in [0.3, 0.4) is 0 Å². The second-order valence-corrected chi connectivity index (χ2v) is 4.17. The number of nitrogens with one attached hydrogen (secondary N) is 1. The molecule has 0 saturated heterocycles. The number of nitrogens with two attached hydrogens (primary N) is 1. The van der Waals surface area contributed by atoms with Crippen molar-refractivity contribution in [2.45, 2.75) is 39.2 Å². The van der Waals surface area contributed by atoms with Gasteiger partial charge in [0, 0.05) is 11.5 Å². The molecule has 3 N–H and O–H groups in total. The predicted molar refractivity (Wildman–Crippen MR) is 54.5 cm³/mol. The smallest absolute Gasteiger partial charge is 0.122 e. The quantitative estimate of drug-likeness (QED) is 0.395. The van der Waals surface area contributed by atoms with Crippen molar-refractivity contribution in [3.05, 3.63) is 0 Å². The molecule has 0 amide bonds. The molecule has 0 aromatic heterocycles. The van der Waals surface area contributed by atoms with Crippen molar-refractivity contribution in [1.29, 1.82) is 0 Å². The maximum absolute atomic E-state index is 5.67. The van der Waals surface area contributed by atoms with Gasteiger partial charge in [-0.15, -0.1) is 12.4 Å². The summed E-state index contributed by atoms with van der Waals surface area (Å²) in [7, 11) is 0. The van der Waals surface area contributed by atoms with Crippen molar-refractivity contribution in [2.75, 3.05) is 0 Å². The van der Waals surface area contributed by atoms with Crippen LogP contribution in [0, 0.1) is 5.92 Å². The zero-order chi connectivity index (χ0) is 8.48. The largest absolute Gasteiger partial charge is 0.385 e. The highest BCUT2D eigenvalue weighted by molar-refractivity contribution is 5.85. The normalized spacial score (nSPS) is 18.4. The molecule has 0 aliphatic heterocycles. The molecule has 1 saturated carbocycles. The minimum Gasteiger partial charge on any atom is -0.385 e. The van der Waals surface area contributed by atoms with Crippen LogP contribution in [-0.2, 0) is 0 Å². The average molecular weight is 192 g/mol. The van der Waals surface area contributed by atoms with Crippen LogP contribution in [0.25, 0.3) is 0 Å². The van der Waals surface area contributed by atoms with Crippen molar-refractivity contribution in [3.63, 3.8) is 0 Å². The molecule has 0 heterocycles. The Bertz CT molecular complexity index is 168. The first-order valence-corrected chi connectivity index (χ1v) is 4.09. The van der Waals surface area contributed by atoms with E-state index in [4.69, 9.17) is 5.73 Å². The van der Waals surface area contributed by atoms with Crippen LogP contribution < -0.4 is 11.2 Å². The van der Waals surface area contributed by atoms with Crippen LogP contribution in [0.1, 0.15) is 33.6 Å². The van der Waals surface area contributed by atoms with Gasteiger partial charge in [-0.05, 0) is 33.6 Å². The number of rotatable bonds is 2. The Hall–Kier alpha value is -0.440. The molecular formula is C8H18ClN3. The van der Waals surface area contributed by atoms with Crippen LogP contribution >= 0.6 is 12.4 Å². The van der Waals surface area contributed by atoms with Gasteiger partial charge in [0.25, 0.3) is 0 Å². The van der Waals surface area contributed by atoms with Gasteiger partial charge in [0.05, 0.1) is 0 Å². The minimum atomic E-state index is 0. The number of halogens is 1. The van der Waals surface area contributed by atoms with E-state index in [1.807, 2.05) is 0 Å². The number of hydrogen-bond acceptors (Lipinski definition) is 2. The summed E-state index contributed by atoms with van der Waals surface area (Å²) in [5, 5.41) is 4.10. The number of hydrazone groups is 1. The Labute approximate surface area is 80.2 Å². The SMILES string of the molecule is CC(C)(C)NN=C(N)C1CC1.Cl. The lowest BCUT2D eigenvalue weighted by Crippen LogP contribution is -2.34. The molecule has 1 fully saturated rings. The molecule has 0 unspecified atom stereocenters. The van der Waals surface area contributed by atoms with Crippen LogP contribution in [0.2, 0.25) is 0 Å². The highest BCUT2D eigenvalue weighted by atomic mass is 35.5. The summed E-state index contributed by atoms with van der Waals surface area (Å²) >= 11 is 0. The van der Waals surface area contributed by atoms with Gasteiger partial charge in [0.2, 0.25) is 0 Å². The van der Waals surface area contributed by atoms with E-state index in [9.17, 15) is 0 Å². The van der Waals surface area contributed by atoms with Gasteiger partial charge in [0.1, 0.15) is 5.84 Å². The third-order valence-electron chi connectivity index (χ3n) is 1.52. The summed E-state index contributed by atoms with van der Waals surface area (Å²) < 4.78 is 0. The molecule has 1 rings (SSSR count). The van der Waals surface area contributed by atoms with Crippen LogP contribution in [0.4, 0.5) is 0 Å². The van der Waals surface area contributed by atoms with E-state index in [-0.39, 0.29) is 17.9 Å². The predicted octanol–water partition coefficient (Wildman–Crippen LogP) is 1.48. The van der Waals surface area contributed by atoms with Crippen LogP contribution in [-0.4, -0.2) is 11.4 Å². The molecule has 0 spiro atoms. The molecule has 12 heavy (non-hydrogen) atoms. The van der Waals surface area contributed by atoms with Gasteiger partial charge in [-0.3, -0.25) is 0 Å². The minimum absolute atomic E-state index is 0. The third-order valence-corrected chi connectivity index (χ3v) is 1.52. The van der Waals surface area contributed by atoms with Crippen molar-refractivity contribution < 1.29 is 0 Å². The molecule has 1 aliphatic rings. The Morgan fingerprint density at radius 1 is 1.42 bits per heavy atom. The molecule has 0 bridgehead atoms. The fraction of sp³-hybridized carbons (Fsp3) is 0.875. The summed E-state index contributed by atoms with van der Waals surface area (Å²) in [6.45, 7) is 6.20. The lowest BCUT2D eigenvalue weighted by atomic mass is 10.1. The zero-order valence-electron chi connectivity index (χ0n) is 7.92. The van der Waals surface area contributed by atoms with Crippen LogP contribution in [0.15, 0.2) is 5.10 Å². The number of amidine groups is 1. The van der Waals surface area contributed by atoms with Gasteiger partial charge in [-0.2, -0.15) is 5.10 Å². The van der Waals surface area contributed by atoms with Crippen molar-refractivity contribution >= 4 is 18.2 Å². The molecule has 0 aromatic carbocycles. The Morgan fingerprint density at radius 2 is 1.92 bits per heavy atom. The van der Waals surface area contributed by atoms with E-state index in [0.29, 0.717) is 5.92 Å². The van der Waals surface area contributed by atoms with Gasteiger partial charge in [-0.25, -0.2) is 0 Å². The lowest BCUT2D eigenvalue weighted by Gasteiger charge is -2.17. The van der Waals surface area contributed by atoms with Crippen LogP contribution in [0.5, 0.6) is 0 Å². The van der Waals surface area contributed by atoms with E-state index in [0.717, 1.165) is 5.84 Å². The van der Waals surface area contributed by atoms with Gasteiger partial charge >= 0.3 is 0 Å². The van der Waals surface area contributed by atoms with Gasteiger partial charge in [-0.1, -0.05) is 0 Å². The molecule has 72 valence electrons. The van der Waals surface area contributed by atoms with E-state index < -0.39 is 0 Å². The average Bonchev–Trinajstić information content (AvgIpc) is 2.61. The number of nitrogens with zero attached hydrogens (tertiary/aromatic N) is 1. The second-order valence-electron chi connectivity index (χ2n) is 4.17. The second kappa shape index (κ2) is 3.99. The number of hydrogen-bond donors (Lipinski definition) is 2. The molecule has 1 aliphatic carbocycles. The zero-order valence-corrected chi connectivity index (χ0v) is 8.74. The van der Waals surface area contributed by atoms with E-state index >= 15 is 0 Å². The third kappa shape index (κ3) is 4.44. The summed E-state index contributed by atoms with van der Waals surface area (Å²) in [6.07, 6.45) is 2.42. The van der Waals surface area contributed by atoms with E-state index in [1.165, 1.54) is 12.8 Å². The van der Waals surface area contributed by atoms with Gasteiger partial charge < -0.3 is 11.2 Å². The maximum Gasteiger partial charge on any atom is 0.122 e. The Balaban J connectivity index is 0.00000121. The van der Waals surface area contributed by atoms with Gasteiger partial charge in [0.15, 0.2) is 0 Å². The Kier molecular flexibility index (Phi) is 3.84. The first-order valence-electron chi connectivity index (χ1n) is 4.09. The highest BCUT2D eigenvalue weighted by Gasteiger charge is 2.25. The molecule has 0 aromatic rings. The topological polar surface area (TPSA) is 50.4 Å². The molecule has 0 radical (unpaired) electrons. The monoisotopic (exact) mass is 191 g/mol. The first kappa shape index (κ1) is 11.6. The summed E-state index contributed by atoms with van der Waals surface area (Å²) in [4.78, 5) is 0. The maximum atomic E-state index is 5.67. The Morgan fingerprint density at radius 3 is 2.25 bits per heavy atom. The molecule has 0 atom stereocenters. The molecule has 4 heteroatoms. The standard InChI is InChI=1S/C8H17N3.ClH/c1-8(2,3)11-10-7(9)6-4-5-6;/h6,11H,4-5H2,1-3H3,(H2,9,10);1H. The summed E-state index contributed by atoms with van der Waals surface area (Å²) in [5.74, 6) is 1.32. The van der Waals surface area contributed by atoms with E-state index in [2.05, 4.69) is 31.3 Å². The summed E-state index contributed by atoms with van der Waals surface area (Å²) in [5.41, 5.74) is 8.71.